The smallest absolute Gasteiger partial charge is 0.243 e. The molecule has 1 saturated heterocycles. The van der Waals surface area contributed by atoms with Crippen molar-refractivity contribution in [2.24, 2.45) is 0 Å². The van der Waals surface area contributed by atoms with E-state index in [1.807, 2.05) is 43.0 Å². The summed E-state index contributed by atoms with van der Waals surface area (Å²) in [4.78, 5) is 17.1. The lowest BCUT2D eigenvalue weighted by Gasteiger charge is -2.36. The average molecular weight is 464 g/mol. The topological polar surface area (TPSA) is 60.9 Å². The standard InChI is InChI=1S/C23H30ClN3O3S/c1-3-27(4-2)31(29,30)22-11-8-19(9-12-22)10-13-23(28)26-16-14-25(15-17-26)21-7-5-6-20(24)18-21/h5-9,11-12,18H,3-4,10,13-17H2,1-2H3. The van der Waals surface area contributed by atoms with Gasteiger partial charge < -0.3 is 9.80 Å². The number of amides is 1. The van der Waals surface area contributed by atoms with Gasteiger partial charge in [-0.3, -0.25) is 4.79 Å². The van der Waals surface area contributed by atoms with Crippen molar-refractivity contribution < 1.29 is 13.2 Å². The predicted octanol–water partition coefficient (Wildman–Crippen LogP) is 3.65. The van der Waals surface area contributed by atoms with Gasteiger partial charge in [-0.15, -0.1) is 0 Å². The van der Waals surface area contributed by atoms with Crippen LogP contribution in [0.1, 0.15) is 25.8 Å². The molecule has 0 aliphatic carbocycles. The number of anilines is 1. The summed E-state index contributed by atoms with van der Waals surface area (Å²) < 4.78 is 26.6. The first-order chi connectivity index (χ1) is 14.8. The number of carbonyl (C=O) groups is 1. The van der Waals surface area contributed by atoms with Crippen LogP contribution in [0.2, 0.25) is 5.02 Å². The van der Waals surface area contributed by atoms with Crippen molar-refractivity contribution in [1.29, 1.82) is 0 Å². The molecule has 0 unspecified atom stereocenters. The normalized spacial score (nSPS) is 14.8. The molecule has 1 fully saturated rings. The van der Waals surface area contributed by atoms with Gasteiger partial charge in [0.15, 0.2) is 0 Å². The maximum Gasteiger partial charge on any atom is 0.243 e. The first-order valence-electron chi connectivity index (χ1n) is 10.7. The molecule has 1 aliphatic rings. The molecule has 8 heteroatoms. The lowest BCUT2D eigenvalue weighted by molar-refractivity contribution is -0.131. The molecule has 0 spiro atoms. The summed E-state index contributed by atoms with van der Waals surface area (Å²) in [5, 5.41) is 0.715. The number of nitrogens with zero attached hydrogens (tertiary/aromatic N) is 3. The van der Waals surface area contributed by atoms with E-state index in [0.717, 1.165) is 24.3 Å². The monoisotopic (exact) mass is 463 g/mol. The molecule has 0 bridgehead atoms. The Morgan fingerprint density at radius 2 is 1.65 bits per heavy atom. The van der Waals surface area contributed by atoms with E-state index in [1.54, 1.807) is 24.3 Å². The second-order valence-corrected chi connectivity index (χ2v) is 9.96. The fraction of sp³-hybridized carbons (Fsp3) is 0.435. The molecule has 31 heavy (non-hydrogen) atoms. The summed E-state index contributed by atoms with van der Waals surface area (Å²) in [6.45, 7) is 7.48. The van der Waals surface area contributed by atoms with Gasteiger partial charge in [0, 0.05) is 56.4 Å². The van der Waals surface area contributed by atoms with Gasteiger partial charge in [-0.25, -0.2) is 8.42 Å². The third kappa shape index (κ3) is 5.79. The predicted molar refractivity (Wildman–Crippen MR) is 125 cm³/mol. The third-order valence-corrected chi connectivity index (χ3v) is 8.00. The van der Waals surface area contributed by atoms with E-state index >= 15 is 0 Å². The number of hydrogen-bond donors (Lipinski definition) is 0. The minimum Gasteiger partial charge on any atom is -0.368 e. The zero-order chi connectivity index (χ0) is 22.4. The maximum absolute atomic E-state index is 12.6. The molecular formula is C23H30ClN3O3S. The fourth-order valence-corrected chi connectivity index (χ4v) is 5.48. The van der Waals surface area contributed by atoms with Crippen LogP contribution in [0.15, 0.2) is 53.4 Å². The molecular weight excluding hydrogens is 434 g/mol. The molecule has 0 radical (unpaired) electrons. The van der Waals surface area contributed by atoms with E-state index in [4.69, 9.17) is 11.6 Å². The molecule has 2 aromatic rings. The number of carbonyl (C=O) groups excluding carboxylic acids is 1. The van der Waals surface area contributed by atoms with Crippen LogP contribution in [0.25, 0.3) is 0 Å². The van der Waals surface area contributed by atoms with Crippen LogP contribution in [0.4, 0.5) is 5.69 Å². The highest BCUT2D eigenvalue weighted by Gasteiger charge is 2.23. The second-order valence-electron chi connectivity index (χ2n) is 7.58. The molecule has 1 heterocycles. The van der Waals surface area contributed by atoms with Gasteiger partial charge in [-0.05, 0) is 42.3 Å². The van der Waals surface area contributed by atoms with Gasteiger partial charge in [0.05, 0.1) is 4.90 Å². The average Bonchev–Trinajstić information content (AvgIpc) is 2.78. The second kappa shape index (κ2) is 10.5. The Morgan fingerprint density at radius 1 is 1.00 bits per heavy atom. The van der Waals surface area contributed by atoms with Crippen molar-refractivity contribution >= 4 is 33.2 Å². The Kier molecular flexibility index (Phi) is 7.97. The largest absolute Gasteiger partial charge is 0.368 e. The lowest BCUT2D eigenvalue weighted by atomic mass is 10.1. The van der Waals surface area contributed by atoms with E-state index in [1.165, 1.54) is 4.31 Å². The molecule has 0 saturated carbocycles. The maximum atomic E-state index is 12.6. The van der Waals surface area contributed by atoms with E-state index in [-0.39, 0.29) is 5.91 Å². The van der Waals surface area contributed by atoms with Crippen LogP contribution >= 0.6 is 11.6 Å². The van der Waals surface area contributed by atoms with Gasteiger partial charge in [0.2, 0.25) is 15.9 Å². The zero-order valence-corrected chi connectivity index (χ0v) is 19.7. The van der Waals surface area contributed by atoms with Crippen LogP contribution in [0.3, 0.4) is 0 Å². The van der Waals surface area contributed by atoms with Crippen LogP contribution < -0.4 is 4.90 Å². The van der Waals surface area contributed by atoms with Crippen molar-refractivity contribution in [3.8, 4) is 0 Å². The molecule has 0 N–H and O–H groups in total. The first-order valence-corrected chi connectivity index (χ1v) is 12.5. The summed E-state index contributed by atoms with van der Waals surface area (Å²) in [6.07, 6.45) is 1.01. The summed E-state index contributed by atoms with van der Waals surface area (Å²) in [6, 6.07) is 14.7. The van der Waals surface area contributed by atoms with Crippen molar-refractivity contribution in [2.75, 3.05) is 44.2 Å². The first kappa shape index (κ1) is 23.6. The Bertz CT molecular complexity index is 983. The van der Waals surface area contributed by atoms with Gasteiger partial charge in [0.25, 0.3) is 0 Å². The molecule has 1 aliphatic heterocycles. The lowest BCUT2D eigenvalue weighted by Crippen LogP contribution is -2.48. The van der Waals surface area contributed by atoms with Crippen LogP contribution in [-0.4, -0.2) is 62.8 Å². The Balaban J connectivity index is 1.51. The fourth-order valence-electron chi connectivity index (χ4n) is 3.84. The molecule has 0 atom stereocenters. The quantitative estimate of drug-likeness (QED) is 0.599. The van der Waals surface area contributed by atoms with E-state index < -0.39 is 10.0 Å². The van der Waals surface area contributed by atoms with E-state index in [9.17, 15) is 13.2 Å². The highest BCUT2D eigenvalue weighted by molar-refractivity contribution is 7.89. The molecule has 2 aromatic carbocycles. The number of halogens is 1. The number of rotatable bonds is 8. The number of sulfonamides is 1. The van der Waals surface area contributed by atoms with Crippen LogP contribution in [-0.2, 0) is 21.2 Å². The Morgan fingerprint density at radius 3 is 2.23 bits per heavy atom. The minimum atomic E-state index is -3.45. The Labute approximate surface area is 190 Å². The highest BCUT2D eigenvalue weighted by Crippen LogP contribution is 2.21. The summed E-state index contributed by atoms with van der Waals surface area (Å²) >= 11 is 6.08. The zero-order valence-electron chi connectivity index (χ0n) is 18.1. The van der Waals surface area contributed by atoms with E-state index in [2.05, 4.69) is 4.90 Å². The molecule has 3 rings (SSSR count). The minimum absolute atomic E-state index is 0.130. The summed E-state index contributed by atoms with van der Waals surface area (Å²) in [5.74, 6) is 0.130. The SMILES string of the molecule is CCN(CC)S(=O)(=O)c1ccc(CCC(=O)N2CCN(c3cccc(Cl)c3)CC2)cc1. The van der Waals surface area contributed by atoms with Gasteiger partial charge in [-0.1, -0.05) is 43.6 Å². The summed E-state index contributed by atoms with van der Waals surface area (Å²) in [5.41, 5.74) is 2.05. The van der Waals surface area contributed by atoms with Crippen molar-refractivity contribution in [3.63, 3.8) is 0 Å². The molecule has 0 aromatic heterocycles. The summed E-state index contributed by atoms with van der Waals surface area (Å²) in [7, 11) is -3.45. The third-order valence-electron chi connectivity index (χ3n) is 5.70. The van der Waals surface area contributed by atoms with Crippen molar-refractivity contribution in [3.05, 3.63) is 59.1 Å². The van der Waals surface area contributed by atoms with Crippen molar-refractivity contribution in [2.45, 2.75) is 31.6 Å². The number of aryl methyl sites for hydroxylation is 1. The van der Waals surface area contributed by atoms with Crippen LogP contribution in [0.5, 0.6) is 0 Å². The van der Waals surface area contributed by atoms with Crippen molar-refractivity contribution in [1.82, 2.24) is 9.21 Å². The molecule has 6 nitrogen and oxygen atoms in total. The number of piperazine rings is 1. The Hall–Kier alpha value is -2.09. The van der Waals surface area contributed by atoms with Crippen LogP contribution in [0, 0.1) is 0 Å². The van der Waals surface area contributed by atoms with E-state index in [0.29, 0.717) is 48.9 Å². The molecule has 1 amide bonds. The van der Waals surface area contributed by atoms with Gasteiger partial charge in [0.1, 0.15) is 0 Å². The number of hydrogen-bond acceptors (Lipinski definition) is 4. The number of benzene rings is 2. The highest BCUT2D eigenvalue weighted by atomic mass is 35.5. The van der Waals surface area contributed by atoms with Gasteiger partial charge in [-0.2, -0.15) is 4.31 Å². The van der Waals surface area contributed by atoms with Gasteiger partial charge >= 0.3 is 0 Å². The molecule has 168 valence electrons.